The summed E-state index contributed by atoms with van der Waals surface area (Å²) < 4.78 is 0. The Kier molecular flexibility index (Phi) is 9.60. The van der Waals surface area contributed by atoms with E-state index in [0.29, 0.717) is 29.1 Å². The fourth-order valence-corrected chi connectivity index (χ4v) is 5.87. The third-order valence-electron chi connectivity index (χ3n) is 8.81. The summed E-state index contributed by atoms with van der Waals surface area (Å²) in [5, 5.41) is 2.06. The maximum atomic E-state index is 5.17. The molecule has 0 radical (unpaired) electrons. The van der Waals surface area contributed by atoms with Gasteiger partial charge in [-0.15, -0.1) is 0 Å². The van der Waals surface area contributed by atoms with Crippen LogP contribution in [0.1, 0.15) is 102 Å². The average molecular weight is 686 g/mol. The molecular formula is C43H43N9. The van der Waals surface area contributed by atoms with Crippen molar-refractivity contribution < 1.29 is 0 Å². The lowest BCUT2D eigenvalue weighted by Crippen LogP contribution is -2.08. The minimum Gasteiger partial charge on any atom is -0.217 e. The second kappa shape index (κ2) is 14.4. The van der Waals surface area contributed by atoms with Gasteiger partial charge in [0, 0.05) is 51.5 Å². The molecule has 0 spiro atoms. The molecule has 0 saturated heterocycles. The predicted molar refractivity (Wildman–Crippen MR) is 208 cm³/mol. The molecule has 52 heavy (non-hydrogen) atoms. The maximum absolute atomic E-state index is 5.17. The van der Waals surface area contributed by atoms with Crippen LogP contribution in [0.3, 0.4) is 0 Å². The molecule has 4 aromatic carbocycles. The Bertz CT molecular complexity index is 2330. The predicted octanol–water partition coefficient (Wildman–Crippen LogP) is 10.2. The van der Waals surface area contributed by atoms with E-state index in [1.807, 2.05) is 60.7 Å². The monoisotopic (exact) mass is 685 g/mol. The normalized spacial score (nSPS) is 11.8. The number of rotatable bonds is 9. The highest BCUT2D eigenvalue weighted by molar-refractivity contribution is 5.98. The summed E-state index contributed by atoms with van der Waals surface area (Å²) in [6, 6.07) is 30.6. The third kappa shape index (κ3) is 7.17. The minimum atomic E-state index is 0.154. The second-order valence-corrected chi connectivity index (χ2v) is 14.4. The molecule has 0 saturated carbocycles. The first kappa shape index (κ1) is 34.6. The van der Waals surface area contributed by atoms with Crippen molar-refractivity contribution in [2.75, 3.05) is 0 Å². The number of hydrogen-bond donors (Lipinski definition) is 0. The van der Waals surface area contributed by atoms with Crippen LogP contribution < -0.4 is 0 Å². The van der Waals surface area contributed by atoms with Crippen LogP contribution in [-0.2, 0) is 0 Å². The standard InChI is InChI=1S/C43H43N9/c1-24(2)35-44-36(25(3)4)47-40(46-35)30-18-14-19-31(22-30)41-50-39(28-15-10-9-11-16-28)51-43(52-41)34-23-32(21-29-17-12-13-20-33(29)34)42-48-37(26(5)6)45-38(49-42)27(7)8/h9-27H,1-8H3. The van der Waals surface area contributed by atoms with Gasteiger partial charge in [0.1, 0.15) is 23.3 Å². The van der Waals surface area contributed by atoms with Gasteiger partial charge in [0.05, 0.1) is 0 Å². The molecule has 0 fully saturated rings. The third-order valence-corrected chi connectivity index (χ3v) is 8.81. The molecule has 0 unspecified atom stereocenters. The molecule has 3 aromatic heterocycles. The second-order valence-electron chi connectivity index (χ2n) is 14.4. The fourth-order valence-electron chi connectivity index (χ4n) is 5.87. The van der Waals surface area contributed by atoms with Gasteiger partial charge in [0.25, 0.3) is 0 Å². The quantitative estimate of drug-likeness (QED) is 0.146. The van der Waals surface area contributed by atoms with E-state index in [-0.39, 0.29) is 23.7 Å². The molecule has 9 heteroatoms. The summed E-state index contributed by atoms with van der Waals surface area (Å²) in [5.41, 5.74) is 4.34. The van der Waals surface area contributed by atoms with Crippen molar-refractivity contribution in [2.45, 2.75) is 79.1 Å². The zero-order valence-corrected chi connectivity index (χ0v) is 31.0. The van der Waals surface area contributed by atoms with E-state index in [0.717, 1.165) is 61.9 Å². The Morgan fingerprint density at radius 2 is 0.750 bits per heavy atom. The van der Waals surface area contributed by atoms with Gasteiger partial charge >= 0.3 is 0 Å². The van der Waals surface area contributed by atoms with E-state index in [4.69, 9.17) is 44.9 Å². The van der Waals surface area contributed by atoms with Gasteiger partial charge in [-0.3, -0.25) is 0 Å². The number of nitrogens with zero attached hydrogens (tertiary/aromatic N) is 9. The van der Waals surface area contributed by atoms with Crippen molar-refractivity contribution in [1.82, 2.24) is 44.9 Å². The highest BCUT2D eigenvalue weighted by Crippen LogP contribution is 2.35. The molecule has 7 rings (SSSR count). The molecule has 0 aliphatic rings. The van der Waals surface area contributed by atoms with Crippen molar-refractivity contribution in [1.29, 1.82) is 0 Å². The van der Waals surface area contributed by atoms with Gasteiger partial charge in [-0.2, -0.15) is 0 Å². The molecule has 0 bridgehead atoms. The van der Waals surface area contributed by atoms with E-state index in [1.54, 1.807) is 0 Å². The molecule has 0 aliphatic heterocycles. The number of aromatic nitrogens is 9. The molecule has 9 nitrogen and oxygen atoms in total. The van der Waals surface area contributed by atoms with Gasteiger partial charge < -0.3 is 0 Å². The summed E-state index contributed by atoms with van der Waals surface area (Å²) in [7, 11) is 0. The van der Waals surface area contributed by atoms with E-state index < -0.39 is 0 Å². The summed E-state index contributed by atoms with van der Waals surface area (Å²) in [6.07, 6.45) is 0. The van der Waals surface area contributed by atoms with Crippen LogP contribution in [0.25, 0.3) is 67.7 Å². The van der Waals surface area contributed by atoms with Crippen LogP contribution in [0.5, 0.6) is 0 Å². The van der Waals surface area contributed by atoms with E-state index in [1.165, 1.54) is 0 Å². The largest absolute Gasteiger partial charge is 0.217 e. The van der Waals surface area contributed by atoms with Gasteiger partial charge in [-0.1, -0.05) is 128 Å². The zero-order chi connectivity index (χ0) is 36.5. The summed E-state index contributed by atoms with van der Waals surface area (Å²) >= 11 is 0. The Balaban J connectivity index is 1.44. The van der Waals surface area contributed by atoms with Crippen LogP contribution in [0.15, 0.2) is 91.0 Å². The van der Waals surface area contributed by atoms with E-state index >= 15 is 0 Å². The lowest BCUT2D eigenvalue weighted by molar-refractivity contribution is 0.697. The van der Waals surface area contributed by atoms with Gasteiger partial charge in [-0.05, 0) is 29.0 Å². The average Bonchev–Trinajstić information content (AvgIpc) is 3.17. The topological polar surface area (TPSA) is 116 Å². The molecule has 260 valence electrons. The molecule has 3 heterocycles. The molecule has 0 aliphatic carbocycles. The highest BCUT2D eigenvalue weighted by atomic mass is 15.1. The summed E-state index contributed by atoms with van der Waals surface area (Å²) in [5.74, 6) is 6.70. The van der Waals surface area contributed by atoms with Gasteiger partial charge in [-0.25, -0.2) is 44.9 Å². The van der Waals surface area contributed by atoms with Crippen LogP contribution in [0.2, 0.25) is 0 Å². The minimum absolute atomic E-state index is 0.154. The molecular weight excluding hydrogens is 643 g/mol. The lowest BCUT2D eigenvalue weighted by Gasteiger charge is -2.14. The first-order valence-corrected chi connectivity index (χ1v) is 18.0. The Labute approximate surface area is 305 Å². The smallest absolute Gasteiger partial charge is 0.164 e. The Hall–Kier alpha value is -5.83. The van der Waals surface area contributed by atoms with E-state index in [2.05, 4.69) is 85.7 Å². The lowest BCUT2D eigenvalue weighted by atomic mass is 9.99. The Morgan fingerprint density at radius 1 is 0.327 bits per heavy atom. The van der Waals surface area contributed by atoms with Crippen molar-refractivity contribution in [3.8, 4) is 56.9 Å². The van der Waals surface area contributed by atoms with Crippen molar-refractivity contribution in [2.24, 2.45) is 0 Å². The van der Waals surface area contributed by atoms with Crippen LogP contribution in [0, 0.1) is 0 Å². The highest BCUT2D eigenvalue weighted by Gasteiger charge is 2.20. The number of benzene rings is 4. The summed E-state index contributed by atoms with van der Waals surface area (Å²) in [6.45, 7) is 16.8. The summed E-state index contributed by atoms with van der Waals surface area (Å²) in [4.78, 5) is 44.5. The molecule has 0 amide bonds. The first-order valence-electron chi connectivity index (χ1n) is 18.0. The van der Waals surface area contributed by atoms with Crippen LogP contribution in [0.4, 0.5) is 0 Å². The Morgan fingerprint density at radius 3 is 1.29 bits per heavy atom. The van der Waals surface area contributed by atoms with Gasteiger partial charge in [0.15, 0.2) is 29.1 Å². The van der Waals surface area contributed by atoms with E-state index in [9.17, 15) is 0 Å². The van der Waals surface area contributed by atoms with Crippen molar-refractivity contribution in [3.05, 3.63) is 114 Å². The number of hydrogen-bond acceptors (Lipinski definition) is 9. The van der Waals surface area contributed by atoms with Crippen LogP contribution in [-0.4, -0.2) is 44.9 Å². The van der Waals surface area contributed by atoms with Gasteiger partial charge in [0.2, 0.25) is 0 Å². The molecule has 0 atom stereocenters. The molecule has 0 N–H and O–H groups in total. The van der Waals surface area contributed by atoms with Crippen molar-refractivity contribution in [3.63, 3.8) is 0 Å². The molecule has 7 aromatic rings. The first-order chi connectivity index (χ1) is 25.0. The number of fused-ring (bicyclic) bond motifs is 1. The zero-order valence-electron chi connectivity index (χ0n) is 31.0. The maximum Gasteiger partial charge on any atom is 0.164 e. The fraction of sp³-hybridized carbons (Fsp3) is 0.279. The SMILES string of the molecule is CC(C)c1nc(-c2cccc(-c3nc(-c4ccccc4)nc(-c4cc(-c5nc(C(C)C)nc(C(C)C)n5)cc5ccccc45)n3)c2)nc(C(C)C)n1. The van der Waals surface area contributed by atoms with Crippen molar-refractivity contribution >= 4 is 10.8 Å². The van der Waals surface area contributed by atoms with Crippen LogP contribution >= 0.6 is 0 Å².